The summed E-state index contributed by atoms with van der Waals surface area (Å²) in [6.45, 7) is 3.31. The SMILES string of the molecule is CN1CCN(C(=O)c2cccc(/C=C/c3n[nH]c4cc(C=C5C(=O)Nc6ccccc65)ccc34)c2)CC1. The molecule has 4 aromatic rings. The zero-order chi connectivity index (χ0) is 25.4. The minimum Gasteiger partial charge on any atom is -0.336 e. The number of hydrogen-bond donors (Lipinski definition) is 2. The Bertz CT molecular complexity index is 1570. The van der Waals surface area contributed by atoms with E-state index < -0.39 is 0 Å². The molecule has 37 heavy (non-hydrogen) atoms. The van der Waals surface area contributed by atoms with Crippen molar-refractivity contribution in [3.63, 3.8) is 0 Å². The van der Waals surface area contributed by atoms with Crippen LogP contribution in [-0.2, 0) is 4.79 Å². The molecule has 184 valence electrons. The second kappa shape index (κ2) is 9.52. The largest absolute Gasteiger partial charge is 0.336 e. The average Bonchev–Trinajstić information content (AvgIpc) is 3.47. The van der Waals surface area contributed by atoms with E-state index in [2.05, 4.69) is 27.5 Å². The Morgan fingerprint density at radius 3 is 2.62 bits per heavy atom. The zero-order valence-electron chi connectivity index (χ0n) is 20.6. The Balaban J connectivity index is 1.22. The second-order valence-electron chi connectivity index (χ2n) is 9.53. The van der Waals surface area contributed by atoms with E-state index in [9.17, 15) is 9.59 Å². The molecule has 2 aliphatic rings. The molecule has 0 spiro atoms. The molecule has 1 aromatic heterocycles. The monoisotopic (exact) mass is 489 g/mol. The molecule has 0 aliphatic carbocycles. The number of benzene rings is 3. The Morgan fingerprint density at radius 2 is 1.76 bits per heavy atom. The van der Waals surface area contributed by atoms with Crippen LogP contribution in [0.5, 0.6) is 0 Å². The van der Waals surface area contributed by atoms with Crippen molar-refractivity contribution < 1.29 is 9.59 Å². The first-order valence-electron chi connectivity index (χ1n) is 12.4. The van der Waals surface area contributed by atoms with Gasteiger partial charge in [-0.25, -0.2) is 0 Å². The number of rotatable bonds is 4. The number of para-hydroxylation sites is 1. The molecule has 3 aromatic carbocycles. The van der Waals surface area contributed by atoms with Crippen molar-refractivity contribution in [1.29, 1.82) is 0 Å². The summed E-state index contributed by atoms with van der Waals surface area (Å²) in [6, 6.07) is 21.4. The van der Waals surface area contributed by atoms with E-state index >= 15 is 0 Å². The molecule has 7 heteroatoms. The van der Waals surface area contributed by atoms with E-state index in [0.29, 0.717) is 11.1 Å². The molecule has 1 fully saturated rings. The fourth-order valence-corrected chi connectivity index (χ4v) is 4.87. The normalized spacial score (nSPS) is 17.1. The third-order valence-electron chi connectivity index (χ3n) is 7.00. The first-order valence-corrected chi connectivity index (χ1v) is 12.4. The summed E-state index contributed by atoms with van der Waals surface area (Å²) >= 11 is 0. The molecule has 3 heterocycles. The van der Waals surface area contributed by atoms with Crippen LogP contribution in [0, 0.1) is 0 Å². The number of hydrogen-bond acceptors (Lipinski definition) is 4. The molecule has 0 unspecified atom stereocenters. The van der Waals surface area contributed by atoms with Gasteiger partial charge in [-0.3, -0.25) is 14.7 Å². The molecule has 0 radical (unpaired) electrons. The number of amides is 2. The van der Waals surface area contributed by atoms with Crippen LogP contribution in [0.4, 0.5) is 5.69 Å². The number of aromatic amines is 1. The summed E-state index contributed by atoms with van der Waals surface area (Å²) in [4.78, 5) is 29.6. The van der Waals surface area contributed by atoms with E-state index in [-0.39, 0.29) is 11.8 Å². The first kappa shape index (κ1) is 22.9. The molecule has 2 N–H and O–H groups in total. The number of piperazine rings is 1. The van der Waals surface area contributed by atoms with Crippen LogP contribution < -0.4 is 5.32 Å². The fraction of sp³-hybridized carbons (Fsp3) is 0.167. The number of carbonyl (C=O) groups excluding carboxylic acids is 2. The second-order valence-corrected chi connectivity index (χ2v) is 9.53. The predicted octanol–water partition coefficient (Wildman–Crippen LogP) is 4.61. The van der Waals surface area contributed by atoms with Crippen LogP contribution in [-0.4, -0.2) is 65.0 Å². The van der Waals surface area contributed by atoms with Crippen LogP contribution in [0.3, 0.4) is 0 Å². The number of fused-ring (bicyclic) bond motifs is 2. The molecular formula is C30H27N5O2. The van der Waals surface area contributed by atoms with Crippen molar-refractivity contribution in [1.82, 2.24) is 20.0 Å². The molecule has 7 nitrogen and oxygen atoms in total. The maximum absolute atomic E-state index is 12.9. The summed E-state index contributed by atoms with van der Waals surface area (Å²) in [5.74, 6) is -0.0170. The topological polar surface area (TPSA) is 81.3 Å². The zero-order valence-corrected chi connectivity index (χ0v) is 20.6. The van der Waals surface area contributed by atoms with Gasteiger partial charge in [-0.1, -0.05) is 42.5 Å². The van der Waals surface area contributed by atoms with Crippen molar-refractivity contribution in [2.45, 2.75) is 0 Å². The van der Waals surface area contributed by atoms with Gasteiger partial charge in [-0.15, -0.1) is 0 Å². The number of likely N-dealkylation sites (N-methyl/N-ethyl adjacent to an activating group) is 1. The van der Waals surface area contributed by atoms with Gasteiger partial charge in [-0.05, 0) is 60.7 Å². The van der Waals surface area contributed by atoms with E-state index in [1.807, 2.05) is 89.9 Å². The molecule has 0 bridgehead atoms. The number of H-pyrrole nitrogens is 1. The minimum atomic E-state index is -0.0946. The smallest absolute Gasteiger partial charge is 0.256 e. The highest BCUT2D eigenvalue weighted by Gasteiger charge is 2.23. The summed E-state index contributed by atoms with van der Waals surface area (Å²) in [5.41, 5.74) is 6.67. The lowest BCUT2D eigenvalue weighted by Crippen LogP contribution is -2.47. The predicted molar refractivity (Wildman–Crippen MR) is 148 cm³/mol. The summed E-state index contributed by atoms with van der Waals surface area (Å²) in [6.07, 6.45) is 5.84. The van der Waals surface area contributed by atoms with E-state index in [4.69, 9.17) is 0 Å². The molecule has 6 rings (SSSR count). The van der Waals surface area contributed by atoms with Gasteiger partial charge in [-0.2, -0.15) is 5.10 Å². The third-order valence-corrected chi connectivity index (χ3v) is 7.00. The lowest BCUT2D eigenvalue weighted by Gasteiger charge is -2.32. The van der Waals surface area contributed by atoms with Gasteiger partial charge < -0.3 is 15.1 Å². The van der Waals surface area contributed by atoms with Crippen molar-refractivity contribution in [3.8, 4) is 0 Å². The molecule has 2 aliphatic heterocycles. The molecule has 0 saturated carbocycles. The average molecular weight is 490 g/mol. The quantitative estimate of drug-likeness (QED) is 0.410. The Labute approximate surface area is 215 Å². The molecule has 0 atom stereocenters. The molecule has 2 amide bonds. The van der Waals surface area contributed by atoms with Crippen LogP contribution in [0.15, 0.2) is 66.7 Å². The number of carbonyl (C=O) groups is 2. The highest BCUT2D eigenvalue weighted by Crippen LogP contribution is 2.33. The number of aromatic nitrogens is 2. The standard InChI is InChI=1S/C30H27N5O2/c1-34-13-15-35(16-14-34)30(37)22-6-4-5-20(17-22)10-12-27-24-11-9-21(19-28(24)33-32-27)18-25-23-7-2-3-8-26(23)31-29(25)36/h2-12,17-19H,13-16H2,1H3,(H,31,36)(H,32,33)/b12-10+,25-18?. The first-order chi connectivity index (χ1) is 18.0. The Morgan fingerprint density at radius 1 is 0.919 bits per heavy atom. The van der Waals surface area contributed by atoms with Crippen molar-refractivity contribution in [3.05, 3.63) is 94.7 Å². The van der Waals surface area contributed by atoms with Crippen LogP contribution in [0.1, 0.15) is 32.7 Å². The van der Waals surface area contributed by atoms with Crippen molar-refractivity contribution >= 4 is 52.2 Å². The highest BCUT2D eigenvalue weighted by atomic mass is 16.2. The number of nitrogens with zero attached hydrogens (tertiary/aromatic N) is 3. The van der Waals surface area contributed by atoms with Gasteiger partial charge in [0, 0.05) is 54.0 Å². The number of nitrogens with one attached hydrogen (secondary N) is 2. The van der Waals surface area contributed by atoms with Gasteiger partial charge in [0.25, 0.3) is 11.8 Å². The molecule has 1 saturated heterocycles. The maximum atomic E-state index is 12.9. The minimum absolute atomic E-state index is 0.0776. The lowest BCUT2D eigenvalue weighted by atomic mass is 10.0. The highest BCUT2D eigenvalue weighted by molar-refractivity contribution is 6.35. The third kappa shape index (κ3) is 4.57. The van der Waals surface area contributed by atoms with E-state index in [1.54, 1.807) is 0 Å². The Hall–Kier alpha value is -4.49. The van der Waals surface area contributed by atoms with E-state index in [1.165, 1.54) is 0 Å². The van der Waals surface area contributed by atoms with Gasteiger partial charge >= 0.3 is 0 Å². The summed E-state index contributed by atoms with van der Waals surface area (Å²) in [5, 5.41) is 11.5. The maximum Gasteiger partial charge on any atom is 0.256 e. The van der Waals surface area contributed by atoms with E-state index in [0.717, 1.165) is 65.2 Å². The summed E-state index contributed by atoms with van der Waals surface area (Å²) < 4.78 is 0. The fourth-order valence-electron chi connectivity index (χ4n) is 4.87. The lowest BCUT2D eigenvalue weighted by molar-refractivity contribution is -0.110. The van der Waals surface area contributed by atoms with Crippen LogP contribution in [0.25, 0.3) is 34.7 Å². The van der Waals surface area contributed by atoms with Crippen LogP contribution >= 0.6 is 0 Å². The van der Waals surface area contributed by atoms with Gasteiger partial charge in [0.15, 0.2) is 0 Å². The molecular weight excluding hydrogens is 462 g/mol. The van der Waals surface area contributed by atoms with Gasteiger partial charge in [0.2, 0.25) is 0 Å². The van der Waals surface area contributed by atoms with Gasteiger partial charge in [0.1, 0.15) is 0 Å². The number of anilines is 1. The van der Waals surface area contributed by atoms with Crippen LogP contribution in [0.2, 0.25) is 0 Å². The summed E-state index contributed by atoms with van der Waals surface area (Å²) in [7, 11) is 2.08. The van der Waals surface area contributed by atoms with Crippen molar-refractivity contribution in [2.75, 3.05) is 38.5 Å². The Kier molecular flexibility index (Phi) is 5.90. The van der Waals surface area contributed by atoms with Gasteiger partial charge in [0.05, 0.1) is 11.2 Å². The van der Waals surface area contributed by atoms with Crippen molar-refractivity contribution in [2.24, 2.45) is 0 Å².